The molecule has 0 radical (unpaired) electrons. The predicted octanol–water partition coefficient (Wildman–Crippen LogP) is 2.52. The molecule has 1 aromatic carbocycles. The van der Waals surface area contributed by atoms with E-state index in [2.05, 4.69) is 10.7 Å². The molecule has 1 fully saturated rings. The Balaban J connectivity index is 2.05. The molecule has 1 aromatic rings. The van der Waals surface area contributed by atoms with Gasteiger partial charge in [-0.25, -0.2) is 14.2 Å². The highest BCUT2D eigenvalue weighted by atomic mass is 35.5. The van der Waals surface area contributed by atoms with Crippen molar-refractivity contribution in [2.75, 3.05) is 6.54 Å². The van der Waals surface area contributed by atoms with Crippen LogP contribution in [0.15, 0.2) is 30.3 Å². The molecule has 182 valence electrons. The minimum Gasteiger partial charge on any atom is -0.445 e. The van der Waals surface area contributed by atoms with E-state index in [4.69, 9.17) is 22.1 Å². The average Bonchev–Trinajstić information content (AvgIpc) is 2.80. The molecular formula is C22H30ClFN4O5. The lowest BCUT2D eigenvalue weighted by Crippen LogP contribution is -2.56. The van der Waals surface area contributed by atoms with Crippen LogP contribution in [0.3, 0.4) is 0 Å². The fourth-order valence-corrected chi connectivity index (χ4v) is 3.78. The topological polar surface area (TPSA) is 131 Å². The van der Waals surface area contributed by atoms with Gasteiger partial charge in [0.25, 0.3) is 17.4 Å². The van der Waals surface area contributed by atoms with Crippen LogP contribution in [0.25, 0.3) is 0 Å². The van der Waals surface area contributed by atoms with Crippen molar-refractivity contribution in [2.24, 2.45) is 11.7 Å². The lowest BCUT2D eigenvalue weighted by Gasteiger charge is -2.29. The molecular weight excluding hydrogens is 455 g/mol. The highest BCUT2D eigenvalue weighted by Gasteiger charge is 2.30. The number of nitrogens with one attached hydrogen (secondary N) is 2. The molecule has 2 unspecified atom stereocenters. The molecule has 11 heteroatoms. The summed E-state index contributed by atoms with van der Waals surface area (Å²) in [7, 11) is 0. The third-order valence-electron chi connectivity index (χ3n) is 5.39. The molecule has 4 amide bonds. The Hall–Kier alpha value is -2.88. The van der Waals surface area contributed by atoms with E-state index in [0.29, 0.717) is 11.4 Å². The highest BCUT2D eigenvalue weighted by Crippen LogP contribution is 2.27. The zero-order valence-corrected chi connectivity index (χ0v) is 19.1. The van der Waals surface area contributed by atoms with E-state index in [1.165, 1.54) is 0 Å². The van der Waals surface area contributed by atoms with E-state index < -0.39 is 35.5 Å². The van der Waals surface area contributed by atoms with Crippen LogP contribution in [0.5, 0.6) is 0 Å². The number of hydrogen-bond acceptors (Lipinski definition) is 5. The van der Waals surface area contributed by atoms with Crippen LogP contribution in [-0.4, -0.2) is 47.0 Å². The van der Waals surface area contributed by atoms with Gasteiger partial charge in [0.1, 0.15) is 12.6 Å². The molecule has 2 atom stereocenters. The number of rotatable bonds is 10. The van der Waals surface area contributed by atoms with Gasteiger partial charge in [0, 0.05) is 6.42 Å². The summed E-state index contributed by atoms with van der Waals surface area (Å²) in [5, 5.41) is 3.15. The number of halogens is 2. The summed E-state index contributed by atoms with van der Waals surface area (Å²) < 4.78 is 18.6. The first kappa shape index (κ1) is 26.4. The Morgan fingerprint density at radius 3 is 2.42 bits per heavy atom. The first-order chi connectivity index (χ1) is 15.8. The molecule has 1 saturated carbocycles. The average molecular weight is 485 g/mol. The summed E-state index contributed by atoms with van der Waals surface area (Å²) >= 11 is 5.23. The number of hydrazine groups is 1. The maximum Gasteiger partial charge on any atom is 0.408 e. The van der Waals surface area contributed by atoms with Crippen LogP contribution >= 0.6 is 11.6 Å². The fraction of sp³-hybridized carbons (Fsp3) is 0.545. The summed E-state index contributed by atoms with van der Waals surface area (Å²) in [5.74, 6) is -2.53. The van der Waals surface area contributed by atoms with Crippen LogP contribution in [0, 0.1) is 5.92 Å². The zero-order chi connectivity index (χ0) is 24.2. The van der Waals surface area contributed by atoms with Crippen molar-refractivity contribution in [3.63, 3.8) is 0 Å². The zero-order valence-electron chi connectivity index (χ0n) is 18.3. The van der Waals surface area contributed by atoms with E-state index in [1.54, 1.807) is 12.1 Å². The maximum atomic E-state index is 13.4. The van der Waals surface area contributed by atoms with Crippen molar-refractivity contribution >= 4 is 35.4 Å². The van der Waals surface area contributed by atoms with Gasteiger partial charge in [-0.1, -0.05) is 74.0 Å². The SMILES string of the molecule is NC(=O)CCN(NC(=O)C(CC1CCCCC1)NC(=O)OCc1ccccc1)C(=O)C(F)Cl. The van der Waals surface area contributed by atoms with Crippen molar-refractivity contribution in [1.29, 1.82) is 0 Å². The van der Waals surface area contributed by atoms with Gasteiger partial charge in [-0.3, -0.25) is 19.8 Å². The number of alkyl carbamates (subject to hydrolysis) is 1. The molecule has 4 N–H and O–H groups in total. The Kier molecular flexibility index (Phi) is 10.9. The number of amides is 4. The predicted molar refractivity (Wildman–Crippen MR) is 119 cm³/mol. The minimum absolute atomic E-state index is 0.0173. The van der Waals surface area contributed by atoms with E-state index >= 15 is 0 Å². The standard InChI is InChI=1S/C22H30ClFN4O5/c23-19(24)21(31)28(12-11-18(25)29)27-20(30)17(13-15-7-3-1-4-8-15)26-22(32)33-14-16-9-5-2-6-10-16/h2,5-6,9-10,15,17,19H,1,3-4,7-8,11-14H2,(H2,25,29)(H,26,32)(H,27,30). The van der Waals surface area contributed by atoms with E-state index in [1.807, 2.05) is 18.2 Å². The van der Waals surface area contributed by atoms with Crippen LogP contribution < -0.4 is 16.5 Å². The molecule has 0 bridgehead atoms. The van der Waals surface area contributed by atoms with Gasteiger partial charge < -0.3 is 15.8 Å². The third kappa shape index (κ3) is 9.65. The van der Waals surface area contributed by atoms with Crippen LogP contribution in [-0.2, 0) is 25.7 Å². The molecule has 0 saturated heterocycles. The Morgan fingerprint density at radius 2 is 1.82 bits per heavy atom. The summed E-state index contributed by atoms with van der Waals surface area (Å²) in [5.41, 5.74) is 5.71. The molecule has 1 aliphatic carbocycles. The monoisotopic (exact) mass is 484 g/mol. The summed E-state index contributed by atoms with van der Waals surface area (Å²) in [6.45, 7) is -0.342. The Labute approximate surface area is 197 Å². The van der Waals surface area contributed by atoms with Crippen molar-refractivity contribution in [1.82, 2.24) is 15.8 Å². The fourth-order valence-electron chi connectivity index (χ4n) is 3.67. The van der Waals surface area contributed by atoms with Crippen molar-refractivity contribution in [2.45, 2.75) is 63.2 Å². The second-order valence-electron chi connectivity index (χ2n) is 7.98. The second-order valence-corrected chi connectivity index (χ2v) is 8.36. The van der Waals surface area contributed by atoms with E-state index in [-0.39, 0.29) is 25.5 Å². The number of nitrogens with zero attached hydrogens (tertiary/aromatic N) is 1. The lowest BCUT2D eigenvalue weighted by atomic mass is 9.84. The van der Waals surface area contributed by atoms with Crippen molar-refractivity contribution in [3.05, 3.63) is 35.9 Å². The maximum absolute atomic E-state index is 13.4. The molecule has 0 aromatic heterocycles. The van der Waals surface area contributed by atoms with E-state index in [0.717, 1.165) is 37.7 Å². The van der Waals surface area contributed by atoms with Gasteiger partial charge >= 0.3 is 6.09 Å². The number of primary amides is 1. The summed E-state index contributed by atoms with van der Waals surface area (Å²) in [4.78, 5) is 48.4. The molecule has 0 heterocycles. The quantitative estimate of drug-likeness (QED) is 0.347. The number of alkyl halides is 2. The van der Waals surface area contributed by atoms with Gasteiger partial charge in [-0.15, -0.1) is 0 Å². The number of ether oxygens (including phenoxy) is 1. The Bertz CT molecular complexity index is 805. The number of carbonyl (C=O) groups excluding carboxylic acids is 4. The van der Waals surface area contributed by atoms with Gasteiger partial charge in [0.2, 0.25) is 5.91 Å². The molecule has 33 heavy (non-hydrogen) atoms. The van der Waals surface area contributed by atoms with Gasteiger partial charge in [-0.05, 0) is 17.9 Å². The first-order valence-corrected chi connectivity index (χ1v) is 11.4. The Morgan fingerprint density at radius 1 is 1.15 bits per heavy atom. The molecule has 0 spiro atoms. The van der Waals surface area contributed by atoms with Crippen LogP contribution in [0.1, 0.15) is 50.5 Å². The minimum atomic E-state index is -2.42. The number of benzene rings is 1. The normalized spacial score (nSPS) is 15.7. The second kappa shape index (κ2) is 13.6. The smallest absolute Gasteiger partial charge is 0.408 e. The number of carbonyl (C=O) groups is 4. The van der Waals surface area contributed by atoms with Crippen molar-refractivity contribution in [3.8, 4) is 0 Å². The number of nitrogens with two attached hydrogens (primary N) is 1. The van der Waals surface area contributed by atoms with E-state index in [9.17, 15) is 23.6 Å². The third-order valence-corrected chi connectivity index (χ3v) is 5.58. The van der Waals surface area contributed by atoms with Crippen LogP contribution in [0.2, 0.25) is 0 Å². The van der Waals surface area contributed by atoms with Gasteiger partial charge in [0.15, 0.2) is 0 Å². The summed E-state index contributed by atoms with van der Waals surface area (Å²) in [6.07, 6.45) is 4.19. The van der Waals surface area contributed by atoms with Crippen molar-refractivity contribution < 1.29 is 28.3 Å². The first-order valence-electron chi connectivity index (χ1n) is 10.9. The largest absolute Gasteiger partial charge is 0.445 e. The summed E-state index contributed by atoms with van der Waals surface area (Å²) in [6, 6.07) is 8.00. The highest BCUT2D eigenvalue weighted by molar-refractivity contribution is 6.29. The van der Waals surface area contributed by atoms with Gasteiger partial charge in [-0.2, -0.15) is 0 Å². The molecule has 1 aliphatic rings. The lowest BCUT2D eigenvalue weighted by molar-refractivity contribution is -0.144. The number of hydrogen-bond donors (Lipinski definition) is 3. The molecule has 0 aliphatic heterocycles. The van der Waals surface area contributed by atoms with Gasteiger partial charge in [0.05, 0.1) is 6.54 Å². The molecule has 9 nitrogen and oxygen atoms in total. The molecule has 2 rings (SSSR count). The van der Waals surface area contributed by atoms with Crippen LogP contribution in [0.4, 0.5) is 9.18 Å².